The SMILES string of the molecule is CC(Sc1ccc([N+](=O)[O-])cc1)C(=O)Nc1cc(C(C)(C)C)nn1-c1ncccn1. The molecule has 0 fully saturated rings. The highest BCUT2D eigenvalue weighted by Gasteiger charge is 2.24. The number of benzene rings is 1. The van der Waals surface area contributed by atoms with E-state index in [4.69, 9.17) is 0 Å². The van der Waals surface area contributed by atoms with Crippen LogP contribution in [0.2, 0.25) is 0 Å². The Balaban J connectivity index is 1.79. The minimum absolute atomic E-state index is 0.0120. The fourth-order valence-electron chi connectivity index (χ4n) is 2.52. The Morgan fingerprint density at radius 2 is 1.83 bits per heavy atom. The highest BCUT2D eigenvalue weighted by atomic mass is 32.2. The lowest BCUT2D eigenvalue weighted by atomic mass is 9.92. The van der Waals surface area contributed by atoms with E-state index in [9.17, 15) is 14.9 Å². The maximum Gasteiger partial charge on any atom is 0.269 e. The van der Waals surface area contributed by atoms with E-state index in [1.165, 1.54) is 28.6 Å². The third-order valence-corrected chi connectivity index (χ3v) is 5.31. The molecule has 9 nitrogen and oxygen atoms in total. The van der Waals surface area contributed by atoms with E-state index >= 15 is 0 Å². The second-order valence-corrected chi connectivity index (χ2v) is 9.04. The van der Waals surface area contributed by atoms with Gasteiger partial charge >= 0.3 is 0 Å². The highest BCUT2D eigenvalue weighted by molar-refractivity contribution is 8.00. The molecule has 156 valence electrons. The number of carbonyl (C=O) groups excluding carboxylic acids is 1. The fourth-order valence-corrected chi connectivity index (χ4v) is 3.39. The number of aromatic nitrogens is 4. The van der Waals surface area contributed by atoms with Crippen molar-refractivity contribution < 1.29 is 9.72 Å². The summed E-state index contributed by atoms with van der Waals surface area (Å²) >= 11 is 1.31. The van der Waals surface area contributed by atoms with Crippen molar-refractivity contribution in [1.29, 1.82) is 0 Å². The third kappa shape index (κ3) is 5.01. The van der Waals surface area contributed by atoms with E-state index in [1.54, 1.807) is 37.5 Å². The fraction of sp³-hybridized carbons (Fsp3) is 0.300. The Hall–Kier alpha value is -3.27. The molecule has 10 heteroatoms. The summed E-state index contributed by atoms with van der Waals surface area (Å²) < 4.78 is 1.52. The molecule has 3 rings (SSSR count). The predicted molar refractivity (Wildman–Crippen MR) is 115 cm³/mol. The molecule has 1 amide bonds. The van der Waals surface area contributed by atoms with Crippen molar-refractivity contribution in [3.8, 4) is 5.95 Å². The van der Waals surface area contributed by atoms with Crippen LogP contribution in [0.15, 0.2) is 53.7 Å². The van der Waals surface area contributed by atoms with Gasteiger partial charge in [-0.1, -0.05) is 20.8 Å². The van der Waals surface area contributed by atoms with Crippen LogP contribution < -0.4 is 5.32 Å². The zero-order chi connectivity index (χ0) is 21.9. The van der Waals surface area contributed by atoms with Gasteiger partial charge in [0.2, 0.25) is 5.91 Å². The first-order chi connectivity index (χ1) is 14.1. The van der Waals surface area contributed by atoms with Crippen LogP contribution in [0.25, 0.3) is 5.95 Å². The molecule has 2 aromatic heterocycles. The first kappa shape index (κ1) is 21.4. The molecular weight excluding hydrogens is 404 g/mol. The van der Waals surface area contributed by atoms with Crippen LogP contribution in [0.4, 0.5) is 11.5 Å². The van der Waals surface area contributed by atoms with Gasteiger partial charge in [-0.05, 0) is 25.1 Å². The summed E-state index contributed by atoms with van der Waals surface area (Å²) in [6, 6.07) is 9.63. The molecule has 1 aromatic carbocycles. The molecule has 0 spiro atoms. The van der Waals surface area contributed by atoms with Crippen molar-refractivity contribution >= 4 is 29.2 Å². The Morgan fingerprint density at radius 1 is 1.20 bits per heavy atom. The molecule has 0 aliphatic heterocycles. The number of hydrogen-bond acceptors (Lipinski definition) is 7. The minimum atomic E-state index is -0.454. The summed E-state index contributed by atoms with van der Waals surface area (Å²) in [4.78, 5) is 32.4. The van der Waals surface area contributed by atoms with E-state index in [0.29, 0.717) is 11.8 Å². The van der Waals surface area contributed by atoms with Crippen molar-refractivity contribution in [3.05, 3.63) is 64.6 Å². The molecule has 2 heterocycles. The summed E-state index contributed by atoms with van der Waals surface area (Å²) in [6.07, 6.45) is 3.22. The number of nitrogens with one attached hydrogen (secondary N) is 1. The summed E-state index contributed by atoms with van der Waals surface area (Å²) in [5, 5.41) is 17.8. The number of amides is 1. The summed E-state index contributed by atoms with van der Waals surface area (Å²) in [5.41, 5.74) is 0.581. The maximum atomic E-state index is 12.8. The molecule has 1 N–H and O–H groups in total. The highest BCUT2D eigenvalue weighted by Crippen LogP contribution is 2.28. The largest absolute Gasteiger partial charge is 0.310 e. The van der Waals surface area contributed by atoms with E-state index in [1.807, 2.05) is 26.8 Å². The number of thioether (sulfide) groups is 1. The second-order valence-electron chi connectivity index (χ2n) is 7.63. The van der Waals surface area contributed by atoms with Gasteiger partial charge in [0.25, 0.3) is 11.6 Å². The van der Waals surface area contributed by atoms with Gasteiger partial charge < -0.3 is 5.32 Å². The monoisotopic (exact) mass is 426 g/mol. The maximum absolute atomic E-state index is 12.8. The summed E-state index contributed by atoms with van der Waals surface area (Å²) in [6.45, 7) is 7.87. The lowest BCUT2D eigenvalue weighted by Crippen LogP contribution is -2.24. The van der Waals surface area contributed by atoms with Crippen LogP contribution in [0.5, 0.6) is 0 Å². The average molecular weight is 427 g/mol. The average Bonchev–Trinajstić information content (AvgIpc) is 3.13. The second kappa shape index (κ2) is 8.62. The lowest BCUT2D eigenvalue weighted by molar-refractivity contribution is -0.384. The Labute approximate surface area is 178 Å². The number of rotatable bonds is 6. The van der Waals surface area contributed by atoms with Gasteiger partial charge in [0.1, 0.15) is 5.82 Å². The lowest BCUT2D eigenvalue weighted by Gasteiger charge is -2.13. The topological polar surface area (TPSA) is 116 Å². The molecule has 1 unspecified atom stereocenters. The van der Waals surface area contributed by atoms with Crippen LogP contribution in [0, 0.1) is 10.1 Å². The number of hydrogen-bond donors (Lipinski definition) is 1. The molecular formula is C20H22N6O3S. The number of non-ortho nitro benzene ring substituents is 1. The molecule has 0 bridgehead atoms. The first-order valence-corrected chi connectivity index (χ1v) is 10.1. The quantitative estimate of drug-likeness (QED) is 0.360. The summed E-state index contributed by atoms with van der Waals surface area (Å²) in [7, 11) is 0. The van der Waals surface area contributed by atoms with Crippen LogP contribution in [-0.4, -0.2) is 35.8 Å². The van der Waals surface area contributed by atoms with Crippen molar-refractivity contribution in [2.24, 2.45) is 0 Å². The Morgan fingerprint density at radius 3 is 2.40 bits per heavy atom. The van der Waals surface area contributed by atoms with Crippen molar-refractivity contribution in [1.82, 2.24) is 19.7 Å². The zero-order valence-electron chi connectivity index (χ0n) is 17.1. The molecule has 0 aliphatic carbocycles. The van der Waals surface area contributed by atoms with Gasteiger partial charge in [-0.25, -0.2) is 9.97 Å². The minimum Gasteiger partial charge on any atom is -0.310 e. The Bertz CT molecular complexity index is 1040. The van der Waals surface area contributed by atoms with Crippen LogP contribution >= 0.6 is 11.8 Å². The van der Waals surface area contributed by atoms with Crippen molar-refractivity contribution in [2.45, 2.75) is 43.3 Å². The molecule has 0 saturated carbocycles. The number of carbonyl (C=O) groups is 1. The number of nitrogens with zero attached hydrogens (tertiary/aromatic N) is 5. The van der Waals surface area contributed by atoms with Gasteiger partial charge in [0.15, 0.2) is 0 Å². The smallest absolute Gasteiger partial charge is 0.269 e. The van der Waals surface area contributed by atoms with Gasteiger partial charge in [0, 0.05) is 40.9 Å². The van der Waals surface area contributed by atoms with Crippen LogP contribution in [0.3, 0.4) is 0 Å². The molecule has 1 atom stereocenters. The number of nitro groups is 1. The predicted octanol–water partition coefficient (Wildman–Crippen LogP) is 3.99. The van der Waals surface area contributed by atoms with Crippen molar-refractivity contribution in [2.75, 3.05) is 5.32 Å². The van der Waals surface area contributed by atoms with Gasteiger partial charge in [-0.3, -0.25) is 14.9 Å². The Kier molecular flexibility index (Phi) is 6.16. The molecule has 30 heavy (non-hydrogen) atoms. The van der Waals surface area contributed by atoms with Gasteiger partial charge in [-0.2, -0.15) is 9.78 Å². The van der Waals surface area contributed by atoms with E-state index in [2.05, 4.69) is 20.4 Å². The normalized spacial score (nSPS) is 12.4. The standard InChI is InChI=1S/C20H22N6O3S/c1-13(30-15-8-6-14(7-9-15)26(28)29)18(27)23-17-12-16(20(2,3)4)24-25(17)19-21-10-5-11-22-19/h5-13H,1-4H3,(H,23,27). The third-order valence-electron chi connectivity index (χ3n) is 4.20. The van der Waals surface area contributed by atoms with Gasteiger partial charge in [-0.15, -0.1) is 11.8 Å². The van der Waals surface area contributed by atoms with Gasteiger partial charge in [0.05, 0.1) is 15.9 Å². The zero-order valence-corrected chi connectivity index (χ0v) is 17.9. The molecule has 0 radical (unpaired) electrons. The van der Waals surface area contributed by atoms with Crippen LogP contribution in [0.1, 0.15) is 33.4 Å². The molecule has 3 aromatic rings. The number of anilines is 1. The summed E-state index contributed by atoms with van der Waals surface area (Å²) in [5.74, 6) is 0.613. The first-order valence-electron chi connectivity index (χ1n) is 9.25. The molecule has 0 saturated heterocycles. The van der Waals surface area contributed by atoms with Crippen LogP contribution in [-0.2, 0) is 10.2 Å². The number of nitro benzene ring substituents is 1. The van der Waals surface area contributed by atoms with E-state index in [-0.39, 0.29) is 17.0 Å². The molecule has 0 aliphatic rings. The van der Waals surface area contributed by atoms with E-state index in [0.717, 1.165) is 10.6 Å². The van der Waals surface area contributed by atoms with Crippen molar-refractivity contribution in [3.63, 3.8) is 0 Å². The van der Waals surface area contributed by atoms with E-state index < -0.39 is 10.2 Å².